The van der Waals surface area contributed by atoms with Crippen LogP contribution in [-0.2, 0) is 6.54 Å². The third-order valence-electron chi connectivity index (χ3n) is 3.91. The number of nitrogens with one attached hydrogen (secondary N) is 2. The smallest absolute Gasteiger partial charge is 0.271 e. The van der Waals surface area contributed by atoms with Crippen molar-refractivity contribution < 1.29 is 4.92 Å². The molecule has 0 spiro atoms. The molecule has 2 aromatic carbocycles. The zero-order chi connectivity index (χ0) is 17.3. The highest BCUT2D eigenvalue weighted by Crippen LogP contribution is 2.20. The molecule has 6 nitrogen and oxygen atoms in total. The number of anilines is 1. The second-order valence-corrected chi connectivity index (χ2v) is 5.83. The first-order chi connectivity index (χ1) is 11.4. The second-order valence-electron chi connectivity index (χ2n) is 5.83. The molecular weight excluding hydrogens is 306 g/mol. The van der Waals surface area contributed by atoms with E-state index in [0.717, 1.165) is 22.0 Å². The molecule has 0 bridgehead atoms. The summed E-state index contributed by atoms with van der Waals surface area (Å²) in [6.07, 6.45) is 0. The maximum absolute atomic E-state index is 12.3. The van der Waals surface area contributed by atoms with Crippen molar-refractivity contribution in [3.05, 3.63) is 79.6 Å². The van der Waals surface area contributed by atoms with Crippen LogP contribution in [0.1, 0.15) is 16.7 Å². The largest absolute Gasteiger partial charge is 0.381 e. The molecule has 122 valence electrons. The molecule has 24 heavy (non-hydrogen) atoms. The fourth-order valence-electron chi connectivity index (χ4n) is 2.79. The topological polar surface area (TPSA) is 88.0 Å². The number of non-ortho nitro benzene ring substituents is 1. The molecule has 0 aliphatic heterocycles. The van der Waals surface area contributed by atoms with Gasteiger partial charge in [-0.1, -0.05) is 17.7 Å². The Morgan fingerprint density at radius 1 is 1.17 bits per heavy atom. The molecule has 0 aliphatic rings. The number of nitro benzene ring substituents is 1. The number of nitrogens with zero attached hydrogens (tertiary/aromatic N) is 1. The number of aromatic nitrogens is 1. The average molecular weight is 323 g/mol. The first-order valence-electron chi connectivity index (χ1n) is 7.55. The van der Waals surface area contributed by atoms with E-state index in [0.29, 0.717) is 17.8 Å². The van der Waals surface area contributed by atoms with Gasteiger partial charge in [-0.15, -0.1) is 0 Å². The second kappa shape index (κ2) is 6.16. The molecule has 3 rings (SSSR count). The van der Waals surface area contributed by atoms with Gasteiger partial charge >= 0.3 is 0 Å². The van der Waals surface area contributed by atoms with Gasteiger partial charge in [0, 0.05) is 29.9 Å². The Morgan fingerprint density at radius 3 is 2.71 bits per heavy atom. The van der Waals surface area contributed by atoms with Gasteiger partial charge in [0.05, 0.1) is 10.4 Å². The number of benzene rings is 2. The molecule has 0 radical (unpaired) electrons. The predicted molar refractivity (Wildman–Crippen MR) is 94.5 cm³/mol. The predicted octanol–water partition coefficient (Wildman–Crippen LogP) is 3.67. The highest BCUT2D eigenvalue weighted by atomic mass is 16.6. The number of rotatable bonds is 4. The van der Waals surface area contributed by atoms with E-state index >= 15 is 0 Å². The highest BCUT2D eigenvalue weighted by Gasteiger charge is 2.08. The molecule has 0 saturated heterocycles. The molecule has 1 aromatic heterocycles. The third-order valence-corrected chi connectivity index (χ3v) is 3.91. The fraction of sp³-hybridized carbons (Fsp3) is 0.167. The van der Waals surface area contributed by atoms with Crippen LogP contribution in [0.25, 0.3) is 10.9 Å². The number of hydrogen-bond acceptors (Lipinski definition) is 4. The standard InChI is InChI=1S/C18H17N3O3/c1-11-6-12(2)17-13(7-11)8-14(18(22)20-17)10-19-15-4-3-5-16(9-15)21(23)24/h3-9,19H,10H2,1-2H3,(H,20,22). The summed E-state index contributed by atoms with van der Waals surface area (Å²) in [5.41, 5.74) is 4.03. The van der Waals surface area contributed by atoms with Crippen molar-refractivity contribution in [1.29, 1.82) is 0 Å². The maximum Gasteiger partial charge on any atom is 0.271 e. The molecular formula is C18H17N3O3. The van der Waals surface area contributed by atoms with Crippen LogP contribution in [0.5, 0.6) is 0 Å². The molecule has 2 N–H and O–H groups in total. The van der Waals surface area contributed by atoms with Crippen LogP contribution in [0.2, 0.25) is 0 Å². The number of aryl methyl sites for hydroxylation is 2. The third kappa shape index (κ3) is 3.12. The van der Waals surface area contributed by atoms with E-state index in [1.165, 1.54) is 12.1 Å². The number of aromatic amines is 1. The highest BCUT2D eigenvalue weighted by molar-refractivity contribution is 5.82. The lowest BCUT2D eigenvalue weighted by Gasteiger charge is -2.09. The Balaban J connectivity index is 1.90. The molecule has 0 amide bonds. The normalized spacial score (nSPS) is 10.8. The van der Waals surface area contributed by atoms with Gasteiger partial charge in [-0.25, -0.2) is 0 Å². The van der Waals surface area contributed by atoms with Gasteiger partial charge in [0.2, 0.25) is 0 Å². The summed E-state index contributed by atoms with van der Waals surface area (Å²) < 4.78 is 0. The summed E-state index contributed by atoms with van der Waals surface area (Å²) in [6, 6.07) is 12.1. The fourth-order valence-corrected chi connectivity index (χ4v) is 2.79. The van der Waals surface area contributed by atoms with E-state index in [2.05, 4.69) is 10.3 Å². The Morgan fingerprint density at radius 2 is 1.96 bits per heavy atom. The summed E-state index contributed by atoms with van der Waals surface area (Å²) >= 11 is 0. The zero-order valence-corrected chi connectivity index (χ0v) is 13.4. The summed E-state index contributed by atoms with van der Waals surface area (Å²) in [4.78, 5) is 25.5. The molecule has 0 unspecified atom stereocenters. The lowest BCUT2D eigenvalue weighted by atomic mass is 10.1. The number of hydrogen-bond donors (Lipinski definition) is 2. The van der Waals surface area contributed by atoms with Gasteiger partial charge in [-0.3, -0.25) is 14.9 Å². The number of nitro groups is 1. The van der Waals surface area contributed by atoms with E-state index in [4.69, 9.17) is 0 Å². The molecule has 3 aromatic rings. The molecule has 6 heteroatoms. The van der Waals surface area contributed by atoms with Crippen LogP contribution >= 0.6 is 0 Å². The SMILES string of the molecule is Cc1cc(C)c2[nH]c(=O)c(CNc3cccc([N+](=O)[O-])c3)cc2c1. The monoisotopic (exact) mass is 323 g/mol. The Bertz CT molecular complexity index is 992. The molecule has 0 fully saturated rings. The van der Waals surface area contributed by atoms with E-state index in [-0.39, 0.29) is 11.2 Å². The van der Waals surface area contributed by atoms with E-state index in [1.807, 2.05) is 32.0 Å². The van der Waals surface area contributed by atoms with Crippen molar-refractivity contribution in [2.45, 2.75) is 20.4 Å². The summed E-state index contributed by atoms with van der Waals surface area (Å²) in [6.45, 7) is 4.27. The van der Waals surface area contributed by atoms with Gasteiger partial charge < -0.3 is 10.3 Å². The summed E-state index contributed by atoms with van der Waals surface area (Å²) in [5, 5.41) is 14.9. The van der Waals surface area contributed by atoms with Gasteiger partial charge in [0.15, 0.2) is 0 Å². The lowest BCUT2D eigenvalue weighted by Crippen LogP contribution is -2.16. The first-order valence-corrected chi connectivity index (χ1v) is 7.55. The van der Waals surface area contributed by atoms with Crippen molar-refractivity contribution in [2.24, 2.45) is 0 Å². The lowest BCUT2D eigenvalue weighted by molar-refractivity contribution is -0.384. The summed E-state index contributed by atoms with van der Waals surface area (Å²) in [7, 11) is 0. The van der Waals surface area contributed by atoms with Crippen molar-refractivity contribution in [2.75, 3.05) is 5.32 Å². The van der Waals surface area contributed by atoms with Crippen LogP contribution in [0, 0.1) is 24.0 Å². The van der Waals surface area contributed by atoms with Crippen LogP contribution in [0.15, 0.2) is 47.3 Å². The van der Waals surface area contributed by atoms with Gasteiger partial charge in [0.25, 0.3) is 11.2 Å². The Kier molecular flexibility index (Phi) is 4.04. The van der Waals surface area contributed by atoms with E-state index in [1.54, 1.807) is 12.1 Å². The minimum absolute atomic E-state index is 0.0127. The number of H-pyrrole nitrogens is 1. The average Bonchev–Trinajstić information content (AvgIpc) is 2.54. The van der Waals surface area contributed by atoms with Crippen molar-refractivity contribution in [3.63, 3.8) is 0 Å². The molecule has 1 heterocycles. The van der Waals surface area contributed by atoms with Crippen molar-refractivity contribution >= 4 is 22.3 Å². The van der Waals surface area contributed by atoms with Gasteiger partial charge in [-0.2, -0.15) is 0 Å². The maximum atomic E-state index is 12.3. The van der Waals surface area contributed by atoms with Crippen molar-refractivity contribution in [3.8, 4) is 0 Å². The van der Waals surface area contributed by atoms with Crippen molar-refractivity contribution in [1.82, 2.24) is 4.98 Å². The minimum Gasteiger partial charge on any atom is -0.381 e. The zero-order valence-electron chi connectivity index (χ0n) is 13.4. The van der Waals surface area contributed by atoms with Crippen LogP contribution < -0.4 is 10.9 Å². The van der Waals surface area contributed by atoms with Crippen LogP contribution in [-0.4, -0.2) is 9.91 Å². The van der Waals surface area contributed by atoms with Gasteiger partial charge in [-0.05, 0) is 43.0 Å². The van der Waals surface area contributed by atoms with Crippen LogP contribution in [0.4, 0.5) is 11.4 Å². The quantitative estimate of drug-likeness (QED) is 0.566. The molecule has 0 saturated carbocycles. The number of pyridine rings is 1. The van der Waals surface area contributed by atoms with E-state index in [9.17, 15) is 14.9 Å². The molecule has 0 atom stereocenters. The van der Waals surface area contributed by atoms with Gasteiger partial charge in [0.1, 0.15) is 0 Å². The molecule has 0 aliphatic carbocycles. The minimum atomic E-state index is -0.445. The Hall–Kier alpha value is -3.15. The van der Waals surface area contributed by atoms with Crippen LogP contribution in [0.3, 0.4) is 0 Å². The number of fused-ring (bicyclic) bond motifs is 1. The Labute approximate surface area is 138 Å². The summed E-state index contributed by atoms with van der Waals surface area (Å²) in [5.74, 6) is 0. The first kappa shape index (κ1) is 15.7. The van der Waals surface area contributed by atoms with E-state index < -0.39 is 4.92 Å².